The van der Waals surface area contributed by atoms with Gasteiger partial charge in [0.2, 0.25) is 0 Å². The maximum absolute atomic E-state index is 11.8. The Morgan fingerprint density at radius 3 is 2.74 bits per heavy atom. The molecule has 106 valence electrons. The monoisotopic (exact) mass is 345 g/mol. The Bertz CT molecular complexity index is 557. The fraction of sp³-hybridized carbons (Fsp3) is 0.571. The van der Waals surface area contributed by atoms with E-state index >= 15 is 0 Å². The molecule has 0 amide bonds. The minimum atomic E-state index is -2.97. The Balaban J connectivity index is 2.21. The van der Waals surface area contributed by atoms with E-state index in [1.165, 1.54) is 11.8 Å². The predicted molar refractivity (Wildman–Crippen MR) is 83.4 cm³/mol. The highest BCUT2D eigenvalue weighted by molar-refractivity contribution is 9.10. The van der Waals surface area contributed by atoms with Crippen LogP contribution < -0.4 is 5.32 Å². The summed E-state index contributed by atoms with van der Waals surface area (Å²) >= 11 is 3.47. The molecule has 0 saturated heterocycles. The van der Waals surface area contributed by atoms with E-state index in [1.807, 2.05) is 12.1 Å². The normalized spacial score (nSPS) is 23.5. The van der Waals surface area contributed by atoms with Gasteiger partial charge in [0.15, 0.2) is 9.84 Å². The topological polar surface area (TPSA) is 46.2 Å². The van der Waals surface area contributed by atoms with Crippen molar-refractivity contribution >= 4 is 31.5 Å². The molecule has 0 heterocycles. The summed E-state index contributed by atoms with van der Waals surface area (Å²) in [6.45, 7) is 2.11. The van der Waals surface area contributed by atoms with Crippen LogP contribution in [0.4, 0.5) is 5.69 Å². The van der Waals surface area contributed by atoms with Crippen molar-refractivity contribution in [2.24, 2.45) is 0 Å². The number of hydrogen-bond acceptors (Lipinski definition) is 3. The molecule has 2 rings (SSSR count). The number of rotatable bonds is 4. The molecule has 1 saturated carbocycles. The van der Waals surface area contributed by atoms with E-state index in [4.69, 9.17) is 0 Å². The van der Waals surface area contributed by atoms with Gasteiger partial charge in [0, 0.05) is 22.5 Å². The molecule has 0 aromatic heterocycles. The molecule has 1 N–H and O–H groups in total. The lowest BCUT2D eigenvalue weighted by molar-refractivity contribution is 0.579. The number of anilines is 1. The van der Waals surface area contributed by atoms with Gasteiger partial charge in [-0.25, -0.2) is 8.42 Å². The summed E-state index contributed by atoms with van der Waals surface area (Å²) < 4.78 is 24.6. The molecular formula is C14H20BrNO2S. The molecule has 0 spiro atoms. The summed E-state index contributed by atoms with van der Waals surface area (Å²) in [4.78, 5) is 0. The van der Waals surface area contributed by atoms with Gasteiger partial charge in [-0.15, -0.1) is 0 Å². The van der Waals surface area contributed by atoms with Gasteiger partial charge in [0.25, 0.3) is 0 Å². The van der Waals surface area contributed by atoms with Crippen LogP contribution in [0.15, 0.2) is 22.7 Å². The molecule has 19 heavy (non-hydrogen) atoms. The molecule has 3 nitrogen and oxygen atoms in total. The second-order valence-electron chi connectivity index (χ2n) is 5.20. The lowest BCUT2D eigenvalue weighted by Gasteiger charge is -2.22. The number of sulfone groups is 1. The average Bonchev–Trinajstić information content (AvgIpc) is 2.79. The number of aryl methyl sites for hydroxylation is 1. The van der Waals surface area contributed by atoms with Crippen molar-refractivity contribution in [3.63, 3.8) is 0 Å². The van der Waals surface area contributed by atoms with Gasteiger partial charge in [0.05, 0.1) is 5.25 Å². The van der Waals surface area contributed by atoms with E-state index in [0.29, 0.717) is 0 Å². The van der Waals surface area contributed by atoms with E-state index < -0.39 is 9.84 Å². The molecule has 1 aromatic carbocycles. The van der Waals surface area contributed by atoms with Gasteiger partial charge < -0.3 is 5.32 Å². The fourth-order valence-corrected chi connectivity index (χ4v) is 4.60. The van der Waals surface area contributed by atoms with Crippen molar-refractivity contribution in [2.75, 3.05) is 11.6 Å². The standard InChI is InChI=1S/C14H20BrNO2S/c1-3-10-9-11(15)7-8-12(10)16-13-5-4-6-14(13)19(2,17)18/h7-9,13-14,16H,3-6H2,1-2H3. The van der Waals surface area contributed by atoms with Gasteiger partial charge in [-0.05, 0) is 49.4 Å². The molecular weight excluding hydrogens is 326 g/mol. The largest absolute Gasteiger partial charge is 0.381 e. The van der Waals surface area contributed by atoms with Crippen molar-refractivity contribution in [1.82, 2.24) is 0 Å². The maximum atomic E-state index is 11.8. The molecule has 2 unspecified atom stereocenters. The Morgan fingerprint density at radius 1 is 1.37 bits per heavy atom. The van der Waals surface area contributed by atoms with Crippen LogP contribution in [0.25, 0.3) is 0 Å². The Morgan fingerprint density at radius 2 is 2.11 bits per heavy atom. The summed E-state index contributed by atoms with van der Waals surface area (Å²) in [5.41, 5.74) is 2.28. The van der Waals surface area contributed by atoms with Crippen molar-refractivity contribution in [3.05, 3.63) is 28.2 Å². The van der Waals surface area contributed by atoms with Crippen LogP contribution in [-0.4, -0.2) is 26.0 Å². The van der Waals surface area contributed by atoms with Gasteiger partial charge in [-0.2, -0.15) is 0 Å². The third-order valence-electron chi connectivity index (χ3n) is 3.79. The molecule has 1 fully saturated rings. The van der Waals surface area contributed by atoms with Crippen molar-refractivity contribution in [1.29, 1.82) is 0 Å². The first-order valence-electron chi connectivity index (χ1n) is 6.65. The minimum absolute atomic E-state index is 0.0430. The van der Waals surface area contributed by atoms with Gasteiger partial charge in [-0.3, -0.25) is 0 Å². The molecule has 2 atom stereocenters. The summed E-state index contributed by atoms with van der Waals surface area (Å²) in [5, 5.41) is 3.20. The molecule has 5 heteroatoms. The van der Waals surface area contributed by atoms with Crippen molar-refractivity contribution < 1.29 is 8.42 Å². The molecule has 0 radical (unpaired) electrons. The van der Waals surface area contributed by atoms with Crippen LogP contribution in [0.3, 0.4) is 0 Å². The lowest BCUT2D eigenvalue weighted by Crippen LogP contribution is -2.34. The first-order valence-corrected chi connectivity index (χ1v) is 9.40. The molecule has 1 aliphatic rings. The summed E-state index contributed by atoms with van der Waals surface area (Å²) in [6.07, 6.45) is 4.96. The Labute approximate surface area is 123 Å². The zero-order valence-electron chi connectivity index (χ0n) is 11.3. The minimum Gasteiger partial charge on any atom is -0.381 e. The molecule has 0 aliphatic heterocycles. The van der Waals surface area contributed by atoms with E-state index in [9.17, 15) is 8.42 Å². The van der Waals surface area contributed by atoms with E-state index in [0.717, 1.165) is 35.8 Å². The first kappa shape index (κ1) is 14.9. The van der Waals surface area contributed by atoms with Crippen LogP contribution in [0.1, 0.15) is 31.7 Å². The highest BCUT2D eigenvalue weighted by Gasteiger charge is 2.34. The third kappa shape index (κ3) is 3.51. The Kier molecular flexibility index (Phi) is 4.56. The maximum Gasteiger partial charge on any atom is 0.152 e. The van der Waals surface area contributed by atoms with Gasteiger partial charge >= 0.3 is 0 Å². The summed E-state index contributed by atoms with van der Waals surface area (Å²) in [5.74, 6) is 0. The van der Waals surface area contributed by atoms with Crippen molar-refractivity contribution in [3.8, 4) is 0 Å². The third-order valence-corrected chi connectivity index (χ3v) is 5.95. The highest BCUT2D eigenvalue weighted by atomic mass is 79.9. The lowest BCUT2D eigenvalue weighted by atomic mass is 10.1. The number of nitrogens with one attached hydrogen (secondary N) is 1. The Hall–Kier alpha value is -0.550. The van der Waals surface area contributed by atoms with Crippen LogP contribution in [0.5, 0.6) is 0 Å². The molecule has 1 aliphatic carbocycles. The second kappa shape index (κ2) is 5.83. The number of hydrogen-bond donors (Lipinski definition) is 1. The average molecular weight is 346 g/mol. The van der Waals surface area contributed by atoms with Crippen LogP contribution in [-0.2, 0) is 16.3 Å². The fourth-order valence-electron chi connectivity index (χ4n) is 2.80. The molecule has 0 bridgehead atoms. The van der Waals surface area contributed by atoms with Gasteiger partial charge in [0.1, 0.15) is 0 Å². The van der Waals surface area contributed by atoms with Crippen molar-refractivity contribution in [2.45, 2.75) is 43.9 Å². The second-order valence-corrected chi connectivity index (χ2v) is 8.38. The zero-order valence-corrected chi connectivity index (χ0v) is 13.7. The number of halogens is 1. The smallest absolute Gasteiger partial charge is 0.152 e. The van der Waals surface area contributed by atoms with Crippen LogP contribution >= 0.6 is 15.9 Å². The molecule has 1 aromatic rings. The van der Waals surface area contributed by atoms with Crippen LogP contribution in [0, 0.1) is 0 Å². The van der Waals surface area contributed by atoms with E-state index in [2.05, 4.69) is 34.2 Å². The predicted octanol–water partition coefficient (Wildman–Crippen LogP) is 3.39. The van der Waals surface area contributed by atoms with E-state index in [-0.39, 0.29) is 11.3 Å². The van der Waals surface area contributed by atoms with E-state index in [1.54, 1.807) is 0 Å². The summed E-state index contributed by atoms with van der Waals surface area (Å²) in [6, 6.07) is 6.15. The zero-order chi connectivity index (χ0) is 14.0. The first-order chi connectivity index (χ1) is 8.91. The number of benzene rings is 1. The van der Waals surface area contributed by atoms with Gasteiger partial charge in [-0.1, -0.05) is 22.9 Å². The quantitative estimate of drug-likeness (QED) is 0.909. The highest BCUT2D eigenvalue weighted by Crippen LogP contribution is 2.30. The summed E-state index contributed by atoms with van der Waals surface area (Å²) in [7, 11) is -2.97. The SMILES string of the molecule is CCc1cc(Br)ccc1NC1CCCC1S(C)(=O)=O. The van der Waals surface area contributed by atoms with Crippen LogP contribution in [0.2, 0.25) is 0 Å².